The summed E-state index contributed by atoms with van der Waals surface area (Å²) in [6, 6.07) is 14.3. The molecule has 0 aliphatic heterocycles. The summed E-state index contributed by atoms with van der Waals surface area (Å²) in [7, 11) is -6.04. The Morgan fingerprint density at radius 3 is 1.72 bits per heavy atom. The Kier molecular flexibility index (Phi) is 8.05. The number of hydrogen-bond acceptors (Lipinski definition) is 11. The molecule has 5 rings (SSSR count). The highest BCUT2D eigenvalue weighted by Gasteiger charge is 2.25. The van der Waals surface area contributed by atoms with Crippen molar-refractivity contribution in [2.75, 3.05) is 38.2 Å². The van der Waals surface area contributed by atoms with E-state index in [4.69, 9.17) is 0 Å². The van der Waals surface area contributed by atoms with E-state index < -0.39 is 36.0 Å². The van der Waals surface area contributed by atoms with Gasteiger partial charge in [-0.05, 0) is 48.5 Å². The molecule has 226 valence electrons. The number of aromatic nitrogens is 2. The van der Waals surface area contributed by atoms with Crippen molar-refractivity contribution < 1.29 is 30.0 Å². The average molecular weight is 681 g/mol. The minimum Gasteiger partial charge on any atom is -0.298 e. The first-order valence-electron chi connectivity index (χ1n) is 12.2. The first-order chi connectivity index (χ1) is 20.1. The Morgan fingerprint density at radius 2 is 1.19 bits per heavy atom. The zero-order chi connectivity index (χ0) is 31.3. The zero-order valence-electron chi connectivity index (χ0n) is 23.0. The average Bonchev–Trinajstić information content (AvgIpc) is 3.54. The van der Waals surface area contributed by atoms with Gasteiger partial charge in [0.15, 0.2) is 10.3 Å². The van der Waals surface area contributed by atoms with Crippen LogP contribution >= 0.6 is 22.7 Å². The molecule has 3 aromatic carbocycles. The van der Waals surface area contributed by atoms with Gasteiger partial charge in [-0.3, -0.25) is 14.8 Å². The Bertz CT molecular complexity index is 2220. The molecule has 0 radical (unpaired) electrons. The summed E-state index contributed by atoms with van der Waals surface area (Å²) in [5, 5.41) is 2.73. The fourth-order valence-electron chi connectivity index (χ4n) is 3.87. The number of anilines is 2. The number of hydrogen-bond donors (Lipinski definition) is 2. The van der Waals surface area contributed by atoms with Crippen LogP contribution < -0.4 is 10.0 Å². The molecule has 1 amide bonds. The molecule has 0 saturated carbocycles. The normalized spacial score (nSPS) is 12.8. The van der Waals surface area contributed by atoms with Gasteiger partial charge in [0.1, 0.15) is 4.90 Å². The lowest BCUT2D eigenvalue weighted by molar-refractivity contribution is 0.102. The molecule has 0 fully saturated rings. The van der Waals surface area contributed by atoms with Crippen LogP contribution in [0.1, 0.15) is 10.4 Å². The third kappa shape index (κ3) is 5.99. The van der Waals surface area contributed by atoms with Crippen LogP contribution in [-0.2, 0) is 30.1 Å². The number of thiazole rings is 2. The van der Waals surface area contributed by atoms with Crippen molar-refractivity contribution in [3.05, 3.63) is 66.2 Å². The number of rotatable bonds is 9. The van der Waals surface area contributed by atoms with E-state index in [-0.39, 0.29) is 30.5 Å². The molecule has 0 bridgehead atoms. The maximum Gasteiger partial charge on any atom is 0.264 e. The van der Waals surface area contributed by atoms with Gasteiger partial charge in [0, 0.05) is 28.2 Å². The lowest BCUT2D eigenvalue weighted by atomic mass is 10.2. The third-order valence-electron chi connectivity index (χ3n) is 6.14. The number of nitrogens with zero attached hydrogens (tertiary/aromatic N) is 4. The molecule has 0 saturated heterocycles. The predicted molar refractivity (Wildman–Crippen MR) is 166 cm³/mol. The predicted octanol–water partition coefficient (Wildman–Crippen LogP) is 3.46. The maximum atomic E-state index is 13.4. The van der Waals surface area contributed by atoms with Crippen molar-refractivity contribution in [1.29, 1.82) is 0 Å². The van der Waals surface area contributed by atoms with E-state index in [2.05, 4.69) is 20.0 Å². The highest BCUT2D eigenvalue weighted by Crippen LogP contribution is 2.32. The standard InChI is InChI=1S/C25H24N6O7S5/c1-30(2)42(35,36)15-9-11-18-20(13-15)39-24(26-18)28-23(32)17-7-5-6-8-22(17)41(33,34)29-25-27-19-12-10-16(14-21(19)40-25)43(37,38)31(3)4/h5-14H,1-4H3,(H,27,29)(H,26,28,32). The van der Waals surface area contributed by atoms with Crippen molar-refractivity contribution in [1.82, 2.24) is 18.6 Å². The van der Waals surface area contributed by atoms with Gasteiger partial charge < -0.3 is 0 Å². The third-order valence-corrected chi connectivity index (χ3v) is 13.2. The van der Waals surface area contributed by atoms with Crippen LogP contribution in [0.3, 0.4) is 0 Å². The van der Waals surface area contributed by atoms with E-state index in [9.17, 15) is 30.0 Å². The molecule has 2 heterocycles. The van der Waals surface area contributed by atoms with E-state index in [1.54, 1.807) is 0 Å². The van der Waals surface area contributed by atoms with Crippen molar-refractivity contribution in [3.63, 3.8) is 0 Å². The van der Waals surface area contributed by atoms with Crippen LogP contribution in [-0.4, -0.2) is 77.9 Å². The van der Waals surface area contributed by atoms with Crippen LogP contribution in [0.4, 0.5) is 10.3 Å². The van der Waals surface area contributed by atoms with Gasteiger partial charge in [-0.25, -0.2) is 43.8 Å². The van der Waals surface area contributed by atoms with Crippen LogP contribution in [0.15, 0.2) is 75.4 Å². The first-order valence-corrected chi connectivity index (χ1v) is 18.2. The number of carbonyl (C=O) groups excluding carboxylic acids is 1. The molecule has 2 aromatic heterocycles. The molecule has 5 aromatic rings. The summed E-state index contributed by atoms with van der Waals surface area (Å²) in [6.07, 6.45) is 0. The summed E-state index contributed by atoms with van der Waals surface area (Å²) in [6.45, 7) is 0. The fraction of sp³-hybridized carbons (Fsp3) is 0.160. The molecule has 18 heteroatoms. The first kappa shape index (κ1) is 30.9. The minimum atomic E-state index is -4.31. The maximum absolute atomic E-state index is 13.4. The Labute approximate surface area is 256 Å². The molecule has 0 aliphatic rings. The van der Waals surface area contributed by atoms with E-state index in [1.807, 2.05) is 0 Å². The number of fused-ring (bicyclic) bond motifs is 2. The van der Waals surface area contributed by atoms with E-state index >= 15 is 0 Å². The molecule has 13 nitrogen and oxygen atoms in total. The Morgan fingerprint density at radius 1 is 0.698 bits per heavy atom. The van der Waals surface area contributed by atoms with Gasteiger partial charge in [0.2, 0.25) is 20.0 Å². The minimum absolute atomic E-state index is 0.0146. The molecule has 0 atom stereocenters. The smallest absolute Gasteiger partial charge is 0.264 e. The molecular weight excluding hydrogens is 657 g/mol. The quantitative estimate of drug-likeness (QED) is 0.236. The van der Waals surface area contributed by atoms with Gasteiger partial charge >= 0.3 is 0 Å². The zero-order valence-corrected chi connectivity index (χ0v) is 27.0. The number of nitrogens with one attached hydrogen (secondary N) is 2. The molecular formula is C25H24N6O7S5. The van der Waals surface area contributed by atoms with E-state index in [0.717, 1.165) is 31.3 Å². The van der Waals surface area contributed by atoms with Crippen LogP contribution in [0, 0.1) is 0 Å². The van der Waals surface area contributed by atoms with Crippen molar-refractivity contribution >= 4 is 89.3 Å². The fourth-order valence-corrected chi connectivity index (χ4v) is 9.12. The molecule has 0 spiro atoms. The number of amides is 1. The van der Waals surface area contributed by atoms with Crippen LogP contribution in [0.2, 0.25) is 0 Å². The number of carbonyl (C=O) groups is 1. The monoisotopic (exact) mass is 680 g/mol. The van der Waals surface area contributed by atoms with Gasteiger partial charge in [-0.15, -0.1) is 0 Å². The molecule has 0 aliphatic carbocycles. The highest BCUT2D eigenvalue weighted by molar-refractivity contribution is 7.93. The Hall–Kier alpha value is -3.52. The second-order valence-electron chi connectivity index (χ2n) is 9.43. The van der Waals surface area contributed by atoms with Crippen LogP contribution in [0.25, 0.3) is 20.4 Å². The van der Waals surface area contributed by atoms with E-state index in [1.165, 1.54) is 88.9 Å². The highest BCUT2D eigenvalue weighted by atomic mass is 32.2. The lowest BCUT2D eigenvalue weighted by Gasteiger charge is -2.10. The molecule has 2 N–H and O–H groups in total. The topological polar surface area (TPSA) is 176 Å². The summed E-state index contributed by atoms with van der Waals surface area (Å²) in [5.41, 5.74) is 0.687. The number of benzene rings is 3. The summed E-state index contributed by atoms with van der Waals surface area (Å²) >= 11 is 1.99. The van der Waals surface area contributed by atoms with Gasteiger partial charge in [0.25, 0.3) is 15.9 Å². The number of sulfonamides is 3. The summed E-state index contributed by atoms with van der Waals surface area (Å²) < 4.78 is 82.2. The second-order valence-corrected chi connectivity index (χ2v) is 17.4. The van der Waals surface area contributed by atoms with Crippen molar-refractivity contribution in [2.24, 2.45) is 0 Å². The summed E-state index contributed by atoms with van der Waals surface area (Å²) in [4.78, 5) is 21.6. The van der Waals surface area contributed by atoms with Crippen molar-refractivity contribution in [2.45, 2.75) is 14.7 Å². The van der Waals surface area contributed by atoms with Crippen LogP contribution in [0.5, 0.6) is 0 Å². The summed E-state index contributed by atoms with van der Waals surface area (Å²) in [5.74, 6) is -0.746. The van der Waals surface area contributed by atoms with Gasteiger partial charge in [0.05, 0.1) is 35.8 Å². The molecule has 43 heavy (non-hydrogen) atoms. The second kappa shape index (κ2) is 11.2. The Balaban J connectivity index is 1.41. The van der Waals surface area contributed by atoms with E-state index in [0.29, 0.717) is 20.4 Å². The van der Waals surface area contributed by atoms with Gasteiger partial charge in [-0.1, -0.05) is 34.8 Å². The largest absolute Gasteiger partial charge is 0.298 e. The SMILES string of the molecule is CN(C)S(=O)(=O)c1ccc2nc(NC(=O)c3ccccc3S(=O)(=O)Nc3nc4ccc(S(=O)(=O)N(C)C)cc4s3)sc2c1. The van der Waals surface area contributed by atoms with Crippen molar-refractivity contribution in [3.8, 4) is 0 Å². The lowest BCUT2D eigenvalue weighted by Crippen LogP contribution is -2.22. The van der Waals surface area contributed by atoms with Gasteiger partial charge in [-0.2, -0.15) is 0 Å². The molecule has 0 unspecified atom stereocenters.